The van der Waals surface area contributed by atoms with Crippen LogP contribution in [0.3, 0.4) is 0 Å². The van der Waals surface area contributed by atoms with Crippen LogP contribution in [-0.2, 0) is 22.4 Å². The molecule has 180 valence electrons. The number of methoxy groups -OCH3 is 1. The maximum atomic E-state index is 11.6. The van der Waals surface area contributed by atoms with Gasteiger partial charge in [-0.1, -0.05) is 18.2 Å². The quantitative estimate of drug-likeness (QED) is 0.253. The number of ketones is 1. The summed E-state index contributed by atoms with van der Waals surface area (Å²) in [5.41, 5.74) is 6.37. The minimum atomic E-state index is 0.156. The Kier molecular flexibility index (Phi) is 8.16. The Morgan fingerprint density at radius 2 is 1.77 bits per heavy atom. The molecule has 2 aromatic heterocycles. The fraction of sp³-hybridized carbons (Fsp3) is 0.310. The summed E-state index contributed by atoms with van der Waals surface area (Å²) in [4.78, 5) is 25.0. The summed E-state index contributed by atoms with van der Waals surface area (Å²) >= 11 is 0. The van der Waals surface area contributed by atoms with Gasteiger partial charge in [-0.05, 0) is 80.1 Å². The number of Topliss-reactive ketones (excluding diaryl/α,β-unsaturated/α-hetero) is 1. The molecule has 0 N–H and O–H groups in total. The zero-order chi connectivity index (χ0) is 24.6. The van der Waals surface area contributed by atoms with E-state index >= 15 is 0 Å². The summed E-state index contributed by atoms with van der Waals surface area (Å²) in [5.74, 6) is 1.70. The van der Waals surface area contributed by atoms with Gasteiger partial charge >= 0.3 is 0 Å². The van der Waals surface area contributed by atoms with E-state index in [0.29, 0.717) is 12.8 Å². The van der Waals surface area contributed by atoms with Crippen LogP contribution in [0.15, 0.2) is 61.1 Å². The number of nitrogens with zero attached hydrogens (tertiary/aromatic N) is 3. The summed E-state index contributed by atoms with van der Waals surface area (Å²) in [6.07, 6.45) is 7.39. The fourth-order valence-electron chi connectivity index (χ4n) is 4.11. The van der Waals surface area contributed by atoms with Crippen LogP contribution in [0.5, 0.6) is 11.5 Å². The van der Waals surface area contributed by atoms with Crippen molar-refractivity contribution >= 4 is 16.7 Å². The first kappa shape index (κ1) is 24.5. The van der Waals surface area contributed by atoms with Crippen LogP contribution in [0.1, 0.15) is 47.3 Å². The number of hydrogen-bond donors (Lipinski definition) is 0. The van der Waals surface area contributed by atoms with E-state index in [1.165, 1.54) is 11.1 Å². The molecule has 0 aliphatic carbocycles. The number of aromatic nitrogens is 3. The molecule has 0 atom stereocenters. The Labute approximate surface area is 206 Å². The largest absolute Gasteiger partial charge is 0.455 e. The molecule has 0 saturated heterocycles. The summed E-state index contributed by atoms with van der Waals surface area (Å²) in [5, 5.41) is 1.07. The van der Waals surface area contributed by atoms with Crippen LogP contribution >= 0.6 is 0 Å². The molecule has 0 aliphatic rings. The molecule has 2 heterocycles. The number of pyridine rings is 1. The lowest BCUT2D eigenvalue weighted by molar-refractivity contribution is -0.122. The van der Waals surface area contributed by atoms with Gasteiger partial charge in [-0.3, -0.25) is 9.78 Å². The van der Waals surface area contributed by atoms with Gasteiger partial charge in [0, 0.05) is 31.0 Å². The van der Waals surface area contributed by atoms with Crippen molar-refractivity contribution in [2.75, 3.05) is 13.7 Å². The molecule has 35 heavy (non-hydrogen) atoms. The minimum Gasteiger partial charge on any atom is -0.455 e. The van der Waals surface area contributed by atoms with Gasteiger partial charge in [0.25, 0.3) is 0 Å². The van der Waals surface area contributed by atoms with Crippen molar-refractivity contribution in [2.24, 2.45) is 0 Å². The number of fused-ring (bicyclic) bond motifs is 1. The molecule has 0 spiro atoms. The van der Waals surface area contributed by atoms with Crippen LogP contribution in [0, 0.1) is 13.8 Å². The molecule has 0 amide bonds. The van der Waals surface area contributed by atoms with Gasteiger partial charge in [-0.25, -0.2) is 9.97 Å². The van der Waals surface area contributed by atoms with Gasteiger partial charge in [0.05, 0.1) is 17.4 Å². The lowest BCUT2D eigenvalue weighted by Crippen LogP contribution is -2.05. The van der Waals surface area contributed by atoms with E-state index in [0.717, 1.165) is 58.6 Å². The standard InChI is InChI=1S/C29H31N3O3/c1-20-14-23(10-13-29(20)35-25-11-8-21(2)30-17-25)16-28-26-15-22(9-12-27(26)31-19-32-28)6-4-5-7-24(33)18-34-3/h8-15,17,19H,4-7,16,18H2,1-3H3. The average Bonchev–Trinajstić information content (AvgIpc) is 2.85. The predicted molar refractivity (Wildman–Crippen MR) is 137 cm³/mol. The van der Waals surface area contributed by atoms with Gasteiger partial charge in [0.15, 0.2) is 5.78 Å². The highest BCUT2D eigenvalue weighted by atomic mass is 16.5. The van der Waals surface area contributed by atoms with Crippen LogP contribution in [0.2, 0.25) is 0 Å². The summed E-state index contributed by atoms with van der Waals surface area (Å²) in [6, 6.07) is 16.5. The Hall–Kier alpha value is -3.64. The lowest BCUT2D eigenvalue weighted by atomic mass is 10.00. The number of aryl methyl sites for hydroxylation is 3. The molecule has 6 nitrogen and oxygen atoms in total. The van der Waals surface area contributed by atoms with Gasteiger partial charge in [0.2, 0.25) is 0 Å². The number of unbranched alkanes of at least 4 members (excludes halogenated alkanes) is 1. The summed E-state index contributed by atoms with van der Waals surface area (Å²) in [6.45, 7) is 4.21. The number of hydrogen-bond acceptors (Lipinski definition) is 6. The Morgan fingerprint density at radius 1 is 0.914 bits per heavy atom. The fourth-order valence-corrected chi connectivity index (χ4v) is 4.11. The summed E-state index contributed by atoms with van der Waals surface area (Å²) in [7, 11) is 1.55. The Morgan fingerprint density at radius 3 is 2.54 bits per heavy atom. The molecule has 0 unspecified atom stereocenters. The second-order valence-corrected chi connectivity index (χ2v) is 8.86. The van der Waals surface area contributed by atoms with Crippen LogP contribution in [0.25, 0.3) is 10.9 Å². The number of rotatable bonds is 11. The van der Waals surface area contributed by atoms with Crippen molar-refractivity contribution in [3.63, 3.8) is 0 Å². The molecule has 2 aromatic carbocycles. The molecule has 0 bridgehead atoms. The van der Waals surface area contributed by atoms with Gasteiger partial charge in [-0.15, -0.1) is 0 Å². The van der Waals surface area contributed by atoms with Crippen molar-refractivity contribution < 1.29 is 14.3 Å². The minimum absolute atomic E-state index is 0.156. The molecule has 6 heteroatoms. The van der Waals surface area contributed by atoms with E-state index in [9.17, 15) is 4.79 Å². The molecule has 4 aromatic rings. The van der Waals surface area contributed by atoms with Crippen LogP contribution in [0.4, 0.5) is 0 Å². The molecule has 0 aliphatic heterocycles. The molecule has 0 radical (unpaired) electrons. The van der Waals surface area contributed by atoms with Crippen LogP contribution in [-0.4, -0.2) is 34.5 Å². The first-order valence-electron chi connectivity index (χ1n) is 11.9. The van der Waals surface area contributed by atoms with Crippen molar-refractivity contribution in [1.82, 2.24) is 15.0 Å². The SMILES string of the molecule is COCC(=O)CCCCc1ccc2ncnc(Cc3ccc(Oc4ccc(C)nc4)c(C)c3)c2c1. The Bertz CT molecular complexity index is 1300. The van der Waals surface area contributed by atoms with Crippen LogP contribution < -0.4 is 4.74 Å². The number of carbonyl (C=O) groups is 1. The zero-order valence-electron chi connectivity index (χ0n) is 20.6. The lowest BCUT2D eigenvalue weighted by Gasteiger charge is -2.11. The normalized spacial score (nSPS) is 11.1. The van der Waals surface area contributed by atoms with Gasteiger partial charge < -0.3 is 9.47 Å². The Balaban J connectivity index is 1.45. The second kappa shape index (κ2) is 11.7. The van der Waals surface area contributed by atoms with E-state index in [-0.39, 0.29) is 12.4 Å². The van der Waals surface area contributed by atoms with Crippen molar-refractivity contribution in [3.05, 3.63) is 89.1 Å². The number of ether oxygens (including phenoxy) is 2. The third kappa shape index (κ3) is 6.70. The smallest absolute Gasteiger partial charge is 0.158 e. The first-order chi connectivity index (χ1) is 17.0. The third-order valence-corrected chi connectivity index (χ3v) is 5.98. The van der Waals surface area contributed by atoms with Crippen molar-refractivity contribution in [3.8, 4) is 11.5 Å². The highest BCUT2D eigenvalue weighted by molar-refractivity contribution is 5.82. The van der Waals surface area contributed by atoms with E-state index in [1.807, 2.05) is 32.0 Å². The average molecular weight is 470 g/mol. The van der Waals surface area contributed by atoms with E-state index in [2.05, 4.69) is 45.3 Å². The molecule has 0 saturated carbocycles. The van der Waals surface area contributed by atoms with E-state index in [1.54, 1.807) is 19.6 Å². The number of carbonyl (C=O) groups excluding carboxylic acids is 1. The first-order valence-corrected chi connectivity index (χ1v) is 11.9. The predicted octanol–water partition coefficient (Wildman–Crippen LogP) is 5.95. The maximum absolute atomic E-state index is 11.6. The van der Waals surface area contributed by atoms with E-state index in [4.69, 9.17) is 9.47 Å². The highest BCUT2D eigenvalue weighted by Crippen LogP contribution is 2.27. The molecular weight excluding hydrogens is 438 g/mol. The molecule has 0 fully saturated rings. The zero-order valence-corrected chi connectivity index (χ0v) is 20.6. The second-order valence-electron chi connectivity index (χ2n) is 8.86. The maximum Gasteiger partial charge on any atom is 0.158 e. The van der Waals surface area contributed by atoms with Crippen molar-refractivity contribution in [2.45, 2.75) is 46.0 Å². The summed E-state index contributed by atoms with van der Waals surface area (Å²) < 4.78 is 10.9. The van der Waals surface area contributed by atoms with Gasteiger partial charge in [-0.2, -0.15) is 0 Å². The molecular formula is C29H31N3O3. The highest BCUT2D eigenvalue weighted by Gasteiger charge is 2.09. The van der Waals surface area contributed by atoms with Crippen molar-refractivity contribution in [1.29, 1.82) is 0 Å². The monoisotopic (exact) mass is 469 g/mol. The van der Waals surface area contributed by atoms with Gasteiger partial charge in [0.1, 0.15) is 24.4 Å². The molecule has 4 rings (SSSR count). The number of benzene rings is 2. The third-order valence-electron chi connectivity index (χ3n) is 5.98. The van der Waals surface area contributed by atoms with E-state index < -0.39 is 0 Å². The topological polar surface area (TPSA) is 74.2 Å².